The van der Waals surface area contributed by atoms with Crippen molar-refractivity contribution in [3.05, 3.63) is 10.7 Å². The second kappa shape index (κ2) is 2.70. The maximum Gasteiger partial charge on any atom is 0.317 e. The van der Waals surface area contributed by atoms with Gasteiger partial charge in [-0.05, 0) is 15.9 Å². The molecule has 2 amide bonds. The highest BCUT2D eigenvalue weighted by Gasteiger charge is 2.01. The number of carbonyl (C=O) groups is 1. The van der Waals surface area contributed by atoms with Crippen molar-refractivity contribution in [2.45, 2.75) is 0 Å². The van der Waals surface area contributed by atoms with Gasteiger partial charge in [0.2, 0.25) is 0 Å². The minimum Gasteiger partial charge on any atom is -0.351 e. The van der Waals surface area contributed by atoms with Crippen LogP contribution < -0.4 is 11.1 Å². The van der Waals surface area contributed by atoms with Crippen LogP contribution in [0.25, 0.3) is 0 Å². The van der Waals surface area contributed by atoms with Gasteiger partial charge in [0.1, 0.15) is 5.82 Å². The molecule has 0 aromatic carbocycles. The highest BCUT2D eigenvalue weighted by atomic mass is 79.9. The standard InChI is InChI=1S/C4H5BrN4O/c5-2-1-7-9-3(2)8-4(6)10/h1H,(H4,6,7,8,9,10). The van der Waals surface area contributed by atoms with Crippen LogP contribution in [0.1, 0.15) is 0 Å². The van der Waals surface area contributed by atoms with E-state index in [2.05, 4.69) is 31.4 Å². The van der Waals surface area contributed by atoms with E-state index < -0.39 is 6.03 Å². The molecule has 6 heteroatoms. The Balaban J connectivity index is 2.74. The van der Waals surface area contributed by atoms with E-state index in [1.807, 2.05) is 0 Å². The SMILES string of the molecule is NC(=O)Nc1[nH]ncc1Br. The number of aromatic amines is 1. The molecule has 10 heavy (non-hydrogen) atoms. The van der Waals surface area contributed by atoms with E-state index in [1.54, 1.807) is 0 Å². The molecular formula is C4H5BrN4O. The molecule has 1 aromatic heterocycles. The van der Waals surface area contributed by atoms with E-state index in [-0.39, 0.29) is 0 Å². The van der Waals surface area contributed by atoms with E-state index in [0.29, 0.717) is 10.3 Å². The molecule has 0 unspecified atom stereocenters. The number of urea groups is 1. The first-order valence-electron chi connectivity index (χ1n) is 2.45. The summed E-state index contributed by atoms with van der Waals surface area (Å²) in [5.74, 6) is 0.465. The second-order valence-electron chi connectivity index (χ2n) is 1.58. The van der Waals surface area contributed by atoms with Gasteiger partial charge in [0.25, 0.3) is 0 Å². The Morgan fingerprint density at radius 1 is 1.90 bits per heavy atom. The minimum atomic E-state index is -0.620. The first-order valence-corrected chi connectivity index (χ1v) is 3.25. The van der Waals surface area contributed by atoms with Crippen LogP contribution in [0.3, 0.4) is 0 Å². The van der Waals surface area contributed by atoms with Crippen molar-refractivity contribution < 1.29 is 4.79 Å². The molecule has 5 nitrogen and oxygen atoms in total. The molecule has 0 aliphatic rings. The molecule has 0 radical (unpaired) electrons. The molecule has 54 valence electrons. The lowest BCUT2D eigenvalue weighted by molar-refractivity contribution is 0.259. The average Bonchev–Trinajstić information content (AvgIpc) is 2.15. The summed E-state index contributed by atoms with van der Waals surface area (Å²) in [7, 11) is 0. The molecule has 1 heterocycles. The number of carbonyl (C=O) groups excluding carboxylic acids is 1. The van der Waals surface area contributed by atoms with Crippen LogP contribution in [-0.2, 0) is 0 Å². The summed E-state index contributed by atoms with van der Waals surface area (Å²) in [4.78, 5) is 10.3. The number of aromatic nitrogens is 2. The number of primary amides is 1. The van der Waals surface area contributed by atoms with Crippen LogP contribution in [0, 0.1) is 0 Å². The maximum atomic E-state index is 10.3. The summed E-state index contributed by atoms with van der Waals surface area (Å²) in [5, 5.41) is 8.49. The summed E-state index contributed by atoms with van der Waals surface area (Å²) < 4.78 is 0.673. The molecule has 0 bridgehead atoms. The van der Waals surface area contributed by atoms with E-state index in [0.717, 1.165) is 0 Å². The highest BCUT2D eigenvalue weighted by molar-refractivity contribution is 9.10. The van der Waals surface area contributed by atoms with Gasteiger partial charge in [-0.1, -0.05) is 0 Å². The molecule has 0 atom stereocenters. The predicted molar refractivity (Wildman–Crippen MR) is 39.5 cm³/mol. The lowest BCUT2D eigenvalue weighted by Crippen LogP contribution is -2.19. The lowest BCUT2D eigenvalue weighted by atomic mass is 10.6. The lowest BCUT2D eigenvalue weighted by Gasteiger charge is -1.95. The number of rotatable bonds is 1. The number of anilines is 1. The van der Waals surface area contributed by atoms with E-state index in [4.69, 9.17) is 5.73 Å². The van der Waals surface area contributed by atoms with Gasteiger partial charge in [0, 0.05) is 0 Å². The number of H-pyrrole nitrogens is 1. The van der Waals surface area contributed by atoms with Crippen molar-refractivity contribution in [1.29, 1.82) is 0 Å². The van der Waals surface area contributed by atoms with Crippen LogP contribution >= 0.6 is 15.9 Å². The van der Waals surface area contributed by atoms with Crippen LogP contribution in [0.2, 0.25) is 0 Å². The molecule has 1 rings (SSSR count). The quantitative estimate of drug-likeness (QED) is 0.629. The smallest absolute Gasteiger partial charge is 0.317 e. The molecule has 1 aromatic rings. The normalized spacial score (nSPS) is 9.30. The van der Waals surface area contributed by atoms with Gasteiger partial charge in [-0.3, -0.25) is 10.4 Å². The minimum absolute atomic E-state index is 0.465. The van der Waals surface area contributed by atoms with E-state index >= 15 is 0 Å². The molecule has 0 fully saturated rings. The van der Waals surface area contributed by atoms with Crippen molar-refractivity contribution >= 4 is 27.8 Å². The van der Waals surface area contributed by atoms with Gasteiger partial charge >= 0.3 is 6.03 Å². The molecular weight excluding hydrogens is 200 g/mol. The zero-order valence-corrected chi connectivity index (χ0v) is 6.47. The van der Waals surface area contributed by atoms with Crippen LogP contribution in [0.5, 0.6) is 0 Å². The summed E-state index contributed by atoms with van der Waals surface area (Å²) in [6.07, 6.45) is 1.52. The Morgan fingerprint density at radius 3 is 3.00 bits per heavy atom. The fourth-order valence-corrected chi connectivity index (χ4v) is 0.772. The molecule has 0 saturated carbocycles. The summed E-state index contributed by atoms with van der Waals surface area (Å²) >= 11 is 3.13. The maximum absolute atomic E-state index is 10.3. The largest absolute Gasteiger partial charge is 0.351 e. The molecule has 0 spiro atoms. The third-order valence-electron chi connectivity index (χ3n) is 0.841. The number of halogens is 1. The molecule has 4 N–H and O–H groups in total. The summed E-state index contributed by atoms with van der Waals surface area (Å²) in [5.41, 5.74) is 4.83. The summed E-state index contributed by atoms with van der Waals surface area (Å²) in [6.45, 7) is 0. The third kappa shape index (κ3) is 1.47. The number of amides is 2. The Labute approximate surface area is 65.1 Å². The second-order valence-corrected chi connectivity index (χ2v) is 2.44. The Hall–Kier alpha value is -1.04. The molecule has 0 saturated heterocycles. The number of nitrogens with zero attached hydrogens (tertiary/aromatic N) is 1. The Kier molecular flexibility index (Phi) is 1.91. The van der Waals surface area contributed by atoms with Gasteiger partial charge in [0.15, 0.2) is 0 Å². The van der Waals surface area contributed by atoms with Crippen LogP contribution in [0.4, 0.5) is 10.6 Å². The van der Waals surface area contributed by atoms with Crippen molar-refractivity contribution in [3.8, 4) is 0 Å². The zero-order valence-electron chi connectivity index (χ0n) is 4.89. The number of nitrogens with two attached hydrogens (primary N) is 1. The average molecular weight is 205 g/mol. The molecule has 0 aliphatic heterocycles. The van der Waals surface area contributed by atoms with Crippen LogP contribution in [0.15, 0.2) is 10.7 Å². The van der Waals surface area contributed by atoms with Crippen molar-refractivity contribution in [1.82, 2.24) is 10.2 Å². The van der Waals surface area contributed by atoms with Crippen LogP contribution in [-0.4, -0.2) is 16.2 Å². The number of hydrogen-bond acceptors (Lipinski definition) is 2. The van der Waals surface area contributed by atoms with Crippen molar-refractivity contribution in [2.24, 2.45) is 5.73 Å². The number of hydrogen-bond donors (Lipinski definition) is 3. The van der Waals surface area contributed by atoms with Gasteiger partial charge in [-0.15, -0.1) is 0 Å². The van der Waals surface area contributed by atoms with E-state index in [9.17, 15) is 4.79 Å². The van der Waals surface area contributed by atoms with Gasteiger partial charge in [-0.2, -0.15) is 5.10 Å². The summed E-state index contributed by atoms with van der Waals surface area (Å²) in [6, 6.07) is -0.620. The highest BCUT2D eigenvalue weighted by Crippen LogP contribution is 2.16. The topological polar surface area (TPSA) is 83.8 Å². The number of nitrogens with one attached hydrogen (secondary N) is 2. The monoisotopic (exact) mass is 204 g/mol. The zero-order chi connectivity index (χ0) is 7.56. The van der Waals surface area contributed by atoms with Crippen molar-refractivity contribution in [2.75, 3.05) is 5.32 Å². The van der Waals surface area contributed by atoms with Gasteiger partial charge < -0.3 is 5.73 Å². The van der Waals surface area contributed by atoms with Gasteiger partial charge in [-0.25, -0.2) is 4.79 Å². The third-order valence-corrected chi connectivity index (χ3v) is 1.44. The Bertz CT molecular complexity index is 245. The van der Waals surface area contributed by atoms with Gasteiger partial charge in [0.05, 0.1) is 10.7 Å². The van der Waals surface area contributed by atoms with E-state index in [1.165, 1.54) is 6.20 Å². The fraction of sp³-hybridized carbons (Fsp3) is 0. The Morgan fingerprint density at radius 2 is 2.60 bits per heavy atom. The first-order chi connectivity index (χ1) is 4.70. The van der Waals surface area contributed by atoms with Crippen molar-refractivity contribution in [3.63, 3.8) is 0 Å². The predicted octanol–water partition coefficient (Wildman–Crippen LogP) is 0.663. The fourth-order valence-electron chi connectivity index (χ4n) is 0.482. The molecule has 0 aliphatic carbocycles. The first kappa shape index (κ1) is 7.07.